The summed E-state index contributed by atoms with van der Waals surface area (Å²) in [6.45, 7) is 3.74. The zero-order valence-electron chi connectivity index (χ0n) is 20.4. The number of aliphatic hydroxyl groups excluding tert-OH is 3. The fraction of sp³-hybridized carbons (Fsp3) is 0.280. The van der Waals surface area contributed by atoms with E-state index < -0.39 is 36.6 Å². The van der Waals surface area contributed by atoms with Crippen LogP contribution in [-0.4, -0.2) is 83.6 Å². The van der Waals surface area contributed by atoms with E-state index in [1.165, 1.54) is 34.2 Å². The highest BCUT2D eigenvalue weighted by atomic mass is 19.1. The Morgan fingerprint density at radius 2 is 2.16 bits per heavy atom. The standard InChI is InChI=1S/C25H29FN6O6/c1-16(6-9-33)29-12-19-13-32(25(37)38-19)18-3-4-20(21(26)10-18)17-2-5-23(30-11-17)31(15-27)8-7-28-24(36)22(35)14-34/h2-6,9-11,15,19,22,27,29,33-35H,1,7-8,12-14H2,(H,28,36)/b9-6-,27-15?. The first-order chi connectivity index (χ1) is 18.3. The summed E-state index contributed by atoms with van der Waals surface area (Å²) in [5.74, 6) is -0.910. The Morgan fingerprint density at radius 1 is 1.37 bits per heavy atom. The van der Waals surface area contributed by atoms with Gasteiger partial charge in [0, 0.05) is 36.1 Å². The average Bonchev–Trinajstić information content (AvgIpc) is 3.30. The topological polar surface area (TPSA) is 171 Å². The molecule has 12 nitrogen and oxygen atoms in total. The Hall–Kier alpha value is -4.49. The average molecular weight is 529 g/mol. The summed E-state index contributed by atoms with van der Waals surface area (Å²) in [5, 5.41) is 39.8. The second-order valence-electron chi connectivity index (χ2n) is 8.22. The predicted molar refractivity (Wildman–Crippen MR) is 138 cm³/mol. The Bertz CT molecular complexity index is 1190. The predicted octanol–water partition coefficient (Wildman–Crippen LogP) is 1.27. The van der Waals surface area contributed by atoms with E-state index in [9.17, 15) is 14.7 Å². The molecule has 2 amide bonds. The first kappa shape index (κ1) is 28.1. The van der Waals surface area contributed by atoms with Crippen molar-refractivity contribution < 1.29 is 34.0 Å². The van der Waals surface area contributed by atoms with Crippen LogP contribution < -0.4 is 20.4 Å². The molecule has 0 bridgehead atoms. The molecule has 13 heteroatoms. The molecule has 1 aliphatic heterocycles. The second-order valence-corrected chi connectivity index (χ2v) is 8.22. The number of aliphatic hydroxyl groups is 3. The van der Waals surface area contributed by atoms with Crippen LogP contribution in [0, 0.1) is 11.2 Å². The van der Waals surface area contributed by atoms with Gasteiger partial charge >= 0.3 is 6.09 Å². The number of pyridine rings is 1. The smallest absolute Gasteiger partial charge is 0.414 e. The fourth-order valence-electron chi connectivity index (χ4n) is 3.60. The number of nitrogens with zero attached hydrogens (tertiary/aromatic N) is 3. The van der Waals surface area contributed by atoms with Gasteiger partial charge in [0.1, 0.15) is 17.7 Å². The zero-order chi connectivity index (χ0) is 27.7. The molecule has 1 saturated heterocycles. The number of hydrogen-bond acceptors (Lipinski definition) is 9. The van der Waals surface area contributed by atoms with Crippen LogP contribution in [0.4, 0.5) is 20.7 Å². The minimum atomic E-state index is -1.52. The Labute approximate surface area is 218 Å². The number of amides is 2. The number of hydrogen-bond donors (Lipinski definition) is 6. The molecule has 202 valence electrons. The van der Waals surface area contributed by atoms with E-state index >= 15 is 4.39 Å². The number of ether oxygens (including phenoxy) is 1. The molecule has 2 aromatic rings. The molecular weight excluding hydrogens is 499 g/mol. The van der Waals surface area contributed by atoms with Crippen LogP contribution in [0.1, 0.15) is 0 Å². The molecule has 1 aliphatic rings. The molecule has 3 rings (SSSR count). The Kier molecular flexibility index (Phi) is 9.73. The van der Waals surface area contributed by atoms with Gasteiger partial charge in [0.25, 0.3) is 5.91 Å². The van der Waals surface area contributed by atoms with E-state index in [4.69, 9.17) is 20.4 Å². The SMILES string of the molecule is C=C(/C=C\O)NCC1CN(c2ccc(-c3ccc(N(C=N)CCNC(=O)C(O)CO)nc3)c(F)c2)C(=O)O1. The van der Waals surface area contributed by atoms with Crippen molar-refractivity contribution in [1.29, 1.82) is 5.41 Å². The van der Waals surface area contributed by atoms with Gasteiger partial charge in [-0.1, -0.05) is 6.58 Å². The Morgan fingerprint density at radius 3 is 2.79 bits per heavy atom. The fourth-order valence-corrected chi connectivity index (χ4v) is 3.60. The third-order valence-corrected chi connectivity index (χ3v) is 5.61. The van der Waals surface area contributed by atoms with E-state index in [1.807, 2.05) is 0 Å². The van der Waals surface area contributed by atoms with E-state index in [0.29, 0.717) is 22.8 Å². The van der Waals surface area contributed by atoms with E-state index in [0.717, 1.165) is 12.6 Å². The van der Waals surface area contributed by atoms with Gasteiger partial charge in [0.15, 0.2) is 6.10 Å². The molecular formula is C25H29FN6O6. The number of cyclic esters (lactones) is 1. The number of benzene rings is 1. The molecule has 38 heavy (non-hydrogen) atoms. The lowest BCUT2D eigenvalue weighted by atomic mass is 10.1. The molecule has 1 aromatic carbocycles. The zero-order valence-corrected chi connectivity index (χ0v) is 20.4. The van der Waals surface area contributed by atoms with Crippen LogP contribution in [0.5, 0.6) is 0 Å². The highest BCUT2D eigenvalue weighted by Crippen LogP contribution is 2.29. The Balaban J connectivity index is 1.63. The van der Waals surface area contributed by atoms with Crippen LogP contribution in [0.15, 0.2) is 61.1 Å². The van der Waals surface area contributed by atoms with Gasteiger partial charge in [-0.25, -0.2) is 14.2 Å². The first-order valence-corrected chi connectivity index (χ1v) is 11.6. The van der Waals surface area contributed by atoms with Crippen LogP contribution in [0.25, 0.3) is 11.1 Å². The molecule has 1 fully saturated rings. The van der Waals surface area contributed by atoms with Crippen molar-refractivity contribution in [2.24, 2.45) is 0 Å². The summed E-state index contributed by atoms with van der Waals surface area (Å²) >= 11 is 0. The van der Waals surface area contributed by atoms with Crippen molar-refractivity contribution in [3.63, 3.8) is 0 Å². The number of rotatable bonds is 13. The lowest BCUT2D eigenvalue weighted by molar-refractivity contribution is -0.131. The molecule has 2 heterocycles. The maximum absolute atomic E-state index is 15.0. The molecule has 0 radical (unpaired) electrons. The lowest BCUT2D eigenvalue weighted by Crippen LogP contribution is -2.41. The summed E-state index contributed by atoms with van der Waals surface area (Å²) in [6, 6.07) is 7.59. The van der Waals surface area contributed by atoms with Gasteiger partial charge in [-0.05, 0) is 36.4 Å². The highest BCUT2D eigenvalue weighted by Gasteiger charge is 2.32. The molecule has 0 aliphatic carbocycles. The van der Waals surface area contributed by atoms with Crippen molar-refractivity contribution in [1.82, 2.24) is 15.6 Å². The molecule has 6 N–H and O–H groups in total. The van der Waals surface area contributed by atoms with Crippen LogP contribution in [-0.2, 0) is 9.53 Å². The van der Waals surface area contributed by atoms with E-state index in [1.54, 1.807) is 18.2 Å². The maximum Gasteiger partial charge on any atom is 0.414 e. The van der Waals surface area contributed by atoms with Crippen LogP contribution >= 0.6 is 0 Å². The van der Waals surface area contributed by atoms with Crippen molar-refractivity contribution in [3.05, 3.63) is 67.0 Å². The number of anilines is 2. The summed E-state index contributed by atoms with van der Waals surface area (Å²) < 4.78 is 20.3. The molecule has 2 atom stereocenters. The quantitative estimate of drug-likeness (QED) is 0.0969. The van der Waals surface area contributed by atoms with Gasteiger partial charge in [0.2, 0.25) is 0 Å². The van der Waals surface area contributed by atoms with Crippen molar-refractivity contribution in [2.45, 2.75) is 12.2 Å². The number of allylic oxidation sites excluding steroid dienone is 1. The molecule has 0 spiro atoms. The summed E-state index contributed by atoms with van der Waals surface area (Å²) in [7, 11) is 0. The number of carbonyl (C=O) groups excluding carboxylic acids is 2. The number of nitrogens with one attached hydrogen (secondary N) is 3. The summed E-state index contributed by atoms with van der Waals surface area (Å²) in [5.41, 5.74) is 1.52. The third-order valence-electron chi connectivity index (χ3n) is 5.61. The van der Waals surface area contributed by atoms with Crippen molar-refractivity contribution >= 4 is 29.8 Å². The van der Waals surface area contributed by atoms with Gasteiger partial charge in [-0.3, -0.25) is 15.1 Å². The summed E-state index contributed by atoms with van der Waals surface area (Å²) in [6.07, 6.45) is 2.05. The monoisotopic (exact) mass is 528 g/mol. The van der Waals surface area contributed by atoms with Crippen molar-refractivity contribution in [3.8, 4) is 11.1 Å². The van der Waals surface area contributed by atoms with Gasteiger partial charge in [-0.2, -0.15) is 0 Å². The van der Waals surface area contributed by atoms with Gasteiger partial charge in [-0.15, -0.1) is 0 Å². The highest BCUT2D eigenvalue weighted by molar-refractivity contribution is 5.90. The third kappa shape index (κ3) is 7.05. The van der Waals surface area contributed by atoms with E-state index in [2.05, 4.69) is 22.2 Å². The van der Waals surface area contributed by atoms with Crippen molar-refractivity contribution in [2.75, 3.05) is 42.6 Å². The molecule has 1 aromatic heterocycles. The van der Waals surface area contributed by atoms with Gasteiger partial charge in [0.05, 0.1) is 38.0 Å². The minimum absolute atomic E-state index is 0.0924. The van der Waals surface area contributed by atoms with Crippen LogP contribution in [0.3, 0.4) is 0 Å². The minimum Gasteiger partial charge on any atom is -0.516 e. The largest absolute Gasteiger partial charge is 0.516 e. The lowest BCUT2D eigenvalue weighted by Gasteiger charge is -2.19. The van der Waals surface area contributed by atoms with Gasteiger partial charge < -0.3 is 35.6 Å². The number of aromatic nitrogens is 1. The number of halogens is 1. The normalized spacial score (nSPS) is 15.7. The van der Waals surface area contributed by atoms with E-state index in [-0.39, 0.29) is 31.7 Å². The first-order valence-electron chi connectivity index (χ1n) is 11.6. The maximum atomic E-state index is 15.0. The number of carbonyl (C=O) groups is 2. The molecule has 0 saturated carbocycles. The molecule has 2 unspecified atom stereocenters. The summed E-state index contributed by atoms with van der Waals surface area (Å²) in [4.78, 5) is 30.9. The van der Waals surface area contributed by atoms with Crippen LogP contribution in [0.2, 0.25) is 0 Å². The second kappa shape index (κ2) is 13.2.